The van der Waals surface area contributed by atoms with Gasteiger partial charge in [-0.2, -0.15) is 0 Å². The maximum Gasteiger partial charge on any atom is 0.409 e. The highest BCUT2D eigenvalue weighted by Crippen LogP contribution is 2.16. The Balaban J connectivity index is 1.53. The Hall–Kier alpha value is -2.36. The Morgan fingerprint density at radius 1 is 1.26 bits per heavy atom. The number of hydrogen-bond donors (Lipinski definition) is 1. The maximum absolute atomic E-state index is 12.3. The topological polar surface area (TPSA) is 109 Å². The number of anilines is 1. The summed E-state index contributed by atoms with van der Waals surface area (Å²) in [7, 11) is -3.03. The fourth-order valence-electron chi connectivity index (χ4n) is 3.22. The lowest BCUT2D eigenvalue weighted by Crippen LogP contribution is -2.49. The SMILES string of the molecule is CCOC(=O)N1CCN(c2ccc(C(=O)NC3CCS(=O)(=O)C3)cn2)CC1. The Kier molecular flexibility index (Phi) is 5.83. The van der Waals surface area contributed by atoms with Crippen molar-refractivity contribution < 1.29 is 22.7 Å². The van der Waals surface area contributed by atoms with Gasteiger partial charge in [0.15, 0.2) is 9.84 Å². The number of nitrogens with one attached hydrogen (secondary N) is 1. The van der Waals surface area contributed by atoms with Gasteiger partial charge in [-0.25, -0.2) is 18.2 Å². The highest BCUT2D eigenvalue weighted by Gasteiger charge is 2.29. The lowest BCUT2D eigenvalue weighted by Gasteiger charge is -2.34. The van der Waals surface area contributed by atoms with Crippen LogP contribution in [0.2, 0.25) is 0 Å². The molecule has 9 nitrogen and oxygen atoms in total. The fraction of sp³-hybridized carbons (Fsp3) is 0.588. The molecule has 0 spiro atoms. The van der Waals surface area contributed by atoms with E-state index >= 15 is 0 Å². The average molecular weight is 396 g/mol. The molecule has 1 N–H and O–H groups in total. The molecular weight excluding hydrogens is 372 g/mol. The molecule has 1 unspecified atom stereocenters. The van der Waals surface area contributed by atoms with Crippen LogP contribution in [0, 0.1) is 0 Å². The first-order chi connectivity index (χ1) is 12.9. The van der Waals surface area contributed by atoms with Gasteiger partial charge in [-0.15, -0.1) is 0 Å². The smallest absolute Gasteiger partial charge is 0.409 e. The first-order valence-electron chi connectivity index (χ1n) is 9.02. The van der Waals surface area contributed by atoms with Crippen molar-refractivity contribution in [2.75, 3.05) is 49.2 Å². The highest BCUT2D eigenvalue weighted by atomic mass is 32.2. The van der Waals surface area contributed by atoms with Crippen molar-refractivity contribution in [2.45, 2.75) is 19.4 Å². The number of hydrogen-bond acceptors (Lipinski definition) is 7. The minimum Gasteiger partial charge on any atom is -0.450 e. The van der Waals surface area contributed by atoms with E-state index in [0.717, 1.165) is 5.82 Å². The van der Waals surface area contributed by atoms with Crippen LogP contribution in [0.4, 0.5) is 10.6 Å². The van der Waals surface area contributed by atoms with Crippen LogP contribution in [0.3, 0.4) is 0 Å². The molecule has 0 bridgehead atoms. The molecule has 0 aromatic carbocycles. The van der Waals surface area contributed by atoms with E-state index in [9.17, 15) is 18.0 Å². The molecule has 3 rings (SSSR count). The van der Waals surface area contributed by atoms with Crippen molar-refractivity contribution in [3.63, 3.8) is 0 Å². The summed E-state index contributed by atoms with van der Waals surface area (Å²) in [6.45, 7) is 4.52. The monoisotopic (exact) mass is 396 g/mol. The van der Waals surface area contributed by atoms with Gasteiger partial charge in [-0.3, -0.25) is 4.79 Å². The minimum atomic E-state index is -3.03. The Bertz CT molecular complexity index is 788. The molecule has 1 aromatic heterocycles. The van der Waals surface area contributed by atoms with Crippen LogP contribution >= 0.6 is 0 Å². The van der Waals surface area contributed by atoms with Gasteiger partial charge >= 0.3 is 6.09 Å². The second kappa shape index (κ2) is 8.12. The quantitative estimate of drug-likeness (QED) is 0.778. The number of carbonyl (C=O) groups excluding carboxylic acids is 2. The molecule has 2 aliphatic heterocycles. The number of pyridine rings is 1. The normalized spacial score (nSPS) is 21.7. The van der Waals surface area contributed by atoms with Crippen LogP contribution < -0.4 is 10.2 Å². The van der Waals surface area contributed by atoms with Gasteiger partial charge < -0.3 is 19.9 Å². The molecule has 2 aliphatic rings. The van der Waals surface area contributed by atoms with E-state index in [1.165, 1.54) is 6.20 Å². The van der Waals surface area contributed by atoms with Gasteiger partial charge in [0.2, 0.25) is 0 Å². The van der Waals surface area contributed by atoms with Gasteiger partial charge in [0.05, 0.1) is 23.7 Å². The van der Waals surface area contributed by atoms with E-state index in [2.05, 4.69) is 10.3 Å². The van der Waals surface area contributed by atoms with Crippen molar-refractivity contribution in [1.82, 2.24) is 15.2 Å². The van der Waals surface area contributed by atoms with Crippen LogP contribution in [-0.2, 0) is 14.6 Å². The van der Waals surface area contributed by atoms with Gasteiger partial charge in [0, 0.05) is 38.4 Å². The molecule has 27 heavy (non-hydrogen) atoms. The molecule has 2 saturated heterocycles. The second-order valence-electron chi connectivity index (χ2n) is 6.65. The molecular formula is C17H24N4O5S. The first-order valence-corrected chi connectivity index (χ1v) is 10.8. The van der Waals surface area contributed by atoms with Gasteiger partial charge in [-0.1, -0.05) is 0 Å². The van der Waals surface area contributed by atoms with Gasteiger partial charge in [-0.05, 0) is 25.5 Å². The number of sulfone groups is 1. The number of aromatic nitrogens is 1. The van der Waals surface area contributed by atoms with Crippen LogP contribution in [0.25, 0.3) is 0 Å². The molecule has 1 aromatic rings. The Labute approximate surface area is 158 Å². The zero-order chi connectivity index (χ0) is 19.4. The van der Waals surface area contributed by atoms with Crippen molar-refractivity contribution in [3.8, 4) is 0 Å². The maximum atomic E-state index is 12.3. The predicted molar refractivity (Wildman–Crippen MR) is 99.6 cm³/mol. The summed E-state index contributed by atoms with van der Waals surface area (Å²) in [6, 6.07) is 3.11. The van der Waals surface area contributed by atoms with Gasteiger partial charge in [0.1, 0.15) is 5.82 Å². The average Bonchev–Trinajstić information content (AvgIpc) is 3.00. The van der Waals surface area contributed by atoms with E-state index < -0.39 is 9.84 Å². The van der Waals surface area contributed by atoms with Crippen molar-refractivity contribution in [1.29, 1.82) is 0 Å². The number of ether oxygens (including phenoxy) is 1. The predicted octanol–water partition coefficient (Wildman–Crippen LogP) is 0.277. The lowest BCUT2D eigenvalue weighted by atomic mass is 10.2. The van der Waals surface area contributed by atoms with E-state index in [1.807, 2.05) is 4.90 Å². The number of carbonyl (C=O) groups is 2. The molecule has 0 saturated carbocycles. The molecule has 1 atom stereocenters. The van der Waals surface area contributed by atoms with E-state index in [0.29, 0.717) is 44.8 Å². The van der Waals surface area contributed by atoms with Crippen LogP contribution in [0.5, 0.6) is 0 Å². The second-order valence-corrected chi connectivity index (χ2v) is 8.88. The number of nitrogens with zero attached hydrogens (tertiary/aromatic N) is 3. The number of piperazine rings is 1. The van der Waals surface area contributed by atoms with E-state index in [1.54, 1.807) is 24.0 Å². The zero-order valence-corrected chi connectivity index (χ0v) is 16.1. The molecule has 3 heterocycles. The third-order valence-corrected chi connectivity index (χ3v) is 6.48. The molecule has 2 amide bonds. The summed E-state index contributed by atoms with van der Waals surface area (Å²) in [6.07, 6.45) is 1.64. The highest BCUT2D eigenvalue weighted by molar-refractivity contribution is 7.91. The van der Waals surface area contributed by atoms with Gasteiger partial charge in [0.25, 0.3) is 5.91 Å². The summed E-state index contributed by atoms with van der Waals surface area (Å²) in [4.78, 5) is 32.0. The van der Waals surface area contributed by atoms with Crippen LogP contribution in [0.1, 0.15) is 23.7 Å². The molecule has 148 valence electrons. The molecule has 2 fully saturated rings. The third kappa shape index (κ3) is 4.88. The molecule has 0 radical (unpaired) electrons. The lowest BCUT2D eigenvalue weighted by molar-refractivity contribution is 0.0940. The van der Waals surface area contributed by atoms with Crippen molar-refractivity contribution in [2.24, 2.45) is 0 Å². The Morgan fingerprint density at radius 2 is 2.00 bits per heavy atom. The minimum absolute atomic E-state index is 0.00496. The summed E-state index contributed by atoms with van der Waals surface area (Å²) in [5.74, 6) is 0.531. The third-order valence-electron chi connectivity index (χ3n) is 4.71. The molecule has 0 aliphatic carbocycles. The summed E-state index contributed by atoms with van der Waals surface area (Å²) in [5, 5.41) is 2.75. The zero-order valence-electron chi connectivity index (χ0n) is 15.3. The number of amides is 2. The summed E-state index contributed by atoms with van der Waals surface area (Å²) in [5.41, 5.74) is 0.396. The first kappa shape index (κ1) is 19.4. The fourth-order valence-corrected chi connectivity index (χ4v) is 4.89. The van der Waals surface area contributed by atoms with E-state index in [4.69, 9.17) is 4.74 Å². The van der Waals surface area contributed by atoms with Crippen LogP contribution in [0.15, 0.2) is 18.3 Å². The largest absolute Gasteiger partial charge is 0.450 e. The number of rotatable bonds is 4. The summed E-state index contributed by atoms with van der Waals surface area (Å²) >= 11 is 0. The summed E-state index contributed by atoms with van der Waals surface area (Å²) < 4.78 is 28.0. The standard InChI is InChI=1S/C17H24N4O5S/c1-2-26-17(23)21-8-6-20(7-9-21)15-4-3-13(11-18-15)16(22)19-14-5-10-27(24,25)12-14/h3-4,11,14H,2,5-10,12H2,1H3,(H,19,22). The van der Waals surface area contributed by atoms with Crippen molar-refractivity contribution in [3.05, 3.63) is 23.9 Å². The van der Waals surface area contributed by atoms with E-state index in [-0.39, 0.29) is 29.5 Å². The van der Waals surface area contributed by atoms with Crippen LogP contribution in [-0.4, -0.2) is 80.6 Å². The Morgan fingerprint density at radius 3 is 2.56 bits per heavy atom. The molecule has 10 heteroatoms. The van der Waals surface area contributed by atoms with Crippen molar-refractivity contribution >= 4 is 27.7 Å².